The SMILES string of the molecule is CCOC(=O)N1CCN(C(=O)C2CCC(C)NC2)CC1. The van der Waals surface area contributed by atoms with Gasteiger partial charge in [-0.05, 0) is 26.7 Å². The summed E-state index contributed by atoms with van der Waals surface area (Å²) in [6.07, 6.45) is 1.75. The van der Waals surface area contributed by atoms with Gasteiger partial charge in [-0.25, -0.2) is 4.79 Å². The van der Waals surface area contributed by atoms with Crippen molar-refractivity contribution in [3.63, 3.8) is 0 Å². The number of ether oxygens (including phenoxy) is 1. The first-order chi connectivity index (χ1) is 9.61. The second-order valence-corrected chi connectivity index (χ2v) is 5.59. The van der Waals surface area contributed by atoms with Gasteiger partial charge in [0.2, 0.25) is 5.91 Å². The fourth-order valence-electron chi connectivity index (χ4n) is 2.79. The van der Waals surface area contributed by atoms with Crippen molar-refractivity contribution in [3.05, 3.63) is 0 Å². The number of hydrogen-bond acceptors (Lipinski definition) is 4. The predicted molar refractivity (Wildman–Crippen MR) is 75.4 cm³/mol. The van der Waals surface area contributed by atoms with E-state index in [1.54, 1.807) is 11.8 Å². The Balaban J connectivity index is 1.78. The van der Waals surface area contributed by atoms with Crippen molar-refractivity contribution in [3.8, 4) is 0 Å². The molecule has 114 valence electrons. The summed E-state index contributed by atoms with van der Waals surface area (Å²) in [6, 6.07) is 0.514. The van der Waals surface area contributed by atoms with Crippen LogP contribution in [0.2, 0.25) is 0 Å². The lowest BCUT2D eigenvalue weighted by molar-refractivity contribution is -0.137. The predicted octanol–water partition coefficient (Wildman–Crippen LogP) is 0.675. The summed E-state index contributed by atoms with van der Waals surface area (Å²) in [4.78, 5) is 27.6. The lowest BCUT2D eigenvalue weighted by atomic mass is 9.94. The smallest absolute Gasteiger partial charge is 0.409 e. The lowest BCUT2D eigenvalue weighted by Gasteiger charge is -2.37. The van der Waals surface area contributed by atoms with Gasteiger partial charge in [0.15, 0.2) is 0 Å². The molecule has 0 aliphatic carbocycles. The molecule has 2 unspecified atom stereocenters. The van der Waals surface area contributed by atoms with Gasteiger partial charge in [0.1, 0.15) is 0 Å². The first-order valence-corrected chi connectivity index (χ1v) is 7.55. The van der Waals surface area contributed by atoms with Crippen LogP contribution in [0.4, 0.5) is 4.79 Å². The molecule has 0 saturated carbocycles. The minimum Gasteiger partial charge on any atom is -0.450 e. The second-order valence-electron chi connectivity index (χ2n) is 5.59. The maximum atomic E-state index is 12.4. The second kappa shape index (κ2) is 6.92. The molecule has 0 radical (unpaired) electrons. The Morgan fingerprint density at radius 1 is 1.15 bits per heavy atom. The van der Waals surface area contributed by atoms with E-state index >= 15 is 0 Å². The molecule has 0 aromatic carbocycles. The number of piperidine rings is 1. The number of piperazine rings is 1. The molecule has 1 N–H and O–H groups in total. The van der Waals surface area contributed by atoms with Crippen molar-refractivity contribution >= 4 is 12.0 Å². The van der Waals surface area contributed by atoms with Crippen molar-refractivity contribution in [1.82, 2.24) is 15.1 Å². The topological polar surface area (TPSA) is 61.9 Å². The van der Waals surface area contributed by atoms with Gasteiger partial charge >= 0.3 is 6.09 Å². The number of rotatable bonds is 2. The number of nitrogens with one attached hydrogen (secondary N) is 1. The van der Waals surface area contributed by atoms with Crippen LogP contribution in [0.1, 0.15) is 26.7 Å². The summed E-state index contributed by atoms with van der Waals surface area (Å²) in [5, 5.41) is 3.36. The Morgan fingerprint density at radius 3 is 2.35 bits per heavy atom. The van der Waals surface area contributed by atoms with E-state index in [1.165, 1.54) is 0 Å². The Hall–Kier alpha value is -1.30. The minimum absolute atomic E-state index is 0.0975. The highest BCUT2D eigenvalue weighted by Crippen LogP contribution is 2.18. The highest BCUT2D eigenvalue weighted by Gasteiger charge is 2.31. The number of nitrogens with zero attached hydrogens (tertiary/aromatic N) is 2. The van der Waals surface area contributed by atoms with E-state index in [2.05, 4.69) is 12.2 Å². The molecule has 0 aromatic rings. The molecule has 20 heavy (non-hydrogen) atoms. The standard InChI is InChI=1S/C14H25N3O3/c1-3-20-14(19)17-8-6-16(7-9-17)13(18)12-5-4-11(2)15-10-12/h11-12,15H,3-10H2,1-2H3. The van der Waals surface area contributed by atoms with Gasteiger partial charge < -0.3 is 19.9 Å². The Bertz CT molecular complexity index is 346. The molecule has 6 nitrogen and oxygen atoms in total. The average molecular weight is 283 g/mol. The quantitative estimate of drug-likeness (QED) is 0.809. The highest BCUT2D eigenvalue weighted by molar-refractivity contribution is 5.79. The summed E-state index contributed by atoms with van der Waals surface area (Å²) in [5.41, 5.74) is 0. The molecule has 2 atom stereocenters. The van der Waals surface area contributed by atoms with Crippen molar-refractivity contribution < 1.29 is 14.3 Å². The van der Waals surface area contributed by atoms with E-state index < -0.39 is 0 Å². The van der Waals surface area contributed by atoms with Crippen LogP contribution in [0, 0.1) is 5.92 Å². The lowest BCUT2D eigenvalue weighted by Crippen LogP contribution is -2.54. The summed E-state index contributed by atoms with van der Waals surface area (Å²) in [6.45, 7) is 7.49. The number of hydrogen-bond donors (Lipinski definition) is 1. The first-order valence-electron chi connectivity index (χ1n) is 7.55. The summed E-state index contributed by atoms with van der Waals surface area (Å²) >= 11 is 0. The van der Waals surface area contributed by atoms with Gasteiger partial charge in [-0.1, -0.05) is 0 Å². The first kappa shape index (κ1) is 15.1. The molecular weight excluding hydrogens is 258 g/mol. The molecule has 0 bridgehead atoms. The summed E-state index contributed by atoms with van der Waals surface area (Å²) in [7, 11) is 0. The molecular formula is C14H25N3O3. The monoisotopic (exact) mass is 283 g/mol. The van der Waals surface area contributed by atoms with Crippen LogP contribution in [-0.4, -0.2) is 67.2 Å². The molecule has 2 aliphatic heterocycles. The van der Waals surface area contributed by atoms with Crippen LogP contribution in [0.3, 0.4) is 0 Å². The fourth-order valence-corrected chi connectivity index (χ4v) is 2.79. The summed E-state index contributed by atoms with van der Waals surface area (Å²) < 4.78 is 4.98. The Labute approximate surface area is 120 Å². The van der Waals surface area contributed by atoms with Gasteiger partial charge in [-0.15, -0.1) is 0 Å². The zero-order valence-corrected chi connectivity index (χ0v) is 12.4. The third kappa shape index (κ3) is 3.62. The van der Waals surface area contributed by atoms with E-state index in [9.17, 15) is 9.59 Å². The third-order valence-corrected chi connectivity index (χ3v) is 4.13. The van der Waals surface area contributed by atoms with Gasteiger partial charge in [-0.2, -0.15) is 0 Å². The normalized spacial score (nSPS) is 27.3. The fraction of sp³-hybridized carbons (Fsp3) is 0.857. The molecule has 2 rings (SSSR count). The van der Waals surface area contributed by atoms with Crippen molar-refractivity contribution in [2.24, 2.45) is 5.92 Å². The van der Waals surface area contributed by atoms with Gasteiger partial charge in [0.05, 0.1) is 12.5 Å². The van der Waals surface area contributed by atoms with E-state index in [1.807, 2.05) is 4.90 Å². The largest absolute Gasteiger partial charge is 0.450 e. The molecule has 6 heteroatoms. The van der Waals surface area contributed by atoms with Gasteiger partial charge in [0.25, 0.3) is 0 Å². The van der Waals surface area contributed by atoms with Crippen LogP contribution in [0.5, 0.6) is 0 Å². The van der Waals surface area contributed by atoms with Gasteiger partial charge in [-0.3, -0.25) is 4.79 Å². The Kier molecular flexibility index (Phi) is 5.23. The number of carbonyl (C=O) groups is 2. The molecule has 2 aliphatic rings. The number of carbonyl (C=O) groups excluding carboxylic acids is 2. The molecule has 2 amide bonds. The summed E-state index contributed by atoms with van der Waals surface area (Å²) in [5.74, 6) is 0.327. The van der Waals surface area contributed by atoms with Gasteiger partial charge in [0, 0.05) is 38.8 Å². The van der Waals surface area contributed by atoms with Crippen LogP contribution in [0.25, 0.3) is 0 Å². The van der Waals surface area contributed by atoms with Crippen LogP contribution < -0.4 is 5.32 Å². The molecule has 2 heterocycles. The van der Waals surface area contributed by atoms with Crippen molar-refractivity contribution in [2.75, 3.05) is 39.3 Å². The molecule has 2 fully saturated rings. The van der Waals surface area contributed by atoms with Crippen molar-refractivity contribution in [2.45, 2.75) is 32.7 Å². The van der Waals surface area contributed by atoms with E-state index in [-0.39, 0.29) is 17.9 Å². The van der Waals surface area contributed by atoms with Crippen LogP contribution in [0.15, 0.2) is 0 Å². The third-order valence-electron chi connectivity index (χ3n) is 4.13. The van der Waals surface area contributed by atoms with Crippen molar-refractivity contribution in [1.29, 1.82) is 0 Å². The average Bonchev–Trinajstić information content (AvgIpc) is 2.48. The minimum atomic E-state index is -0.271. The Morgan fingerprint density at radius 2 is 1.80 bits per heavy atom. The zero-order valence-electron chi connectivity index (χ0n) is 12.4. The number of amides is 2. The maximum absolute atomic E-state index is 12.4. The van der Waals surface area contributed by atoms with Crippen LogP contribution >= 0.6 is 0 Å². The van der Waals surface area contributed by atoms with E-state index in [0.29, 0.717) is 38.8 Å². The van der Waals surface area contributed by atoms with Crippen LogP contribution in [-0.2, 0) is 9.53 Å². The van der Waals surface area contributed by atoms with E-state index in [0.717, 1.165) is 19.4 Å². The maximum Gasteiger partial charge on any atom is 0.409 e. The zero-order chi connectivity index (χ0) is 14.5. The molecule has 0 spiro atoms. The molecule has 2 saturated heterocycles. The van der Waals surface area contributed by atoms with E-state index in [4.69, 9.17) is 4.74 Å². The highest BCUT2D eigenvalue weighted by atomic mass is 16.6. The molecule has 0 aromatic heterocycles.